The zero-order valence-corrected chi connectivity index (χ0v) is 12.6. The van der Waals surface area contributed by atoms with Gasteiger partial charge in [0, 0.05) is 19.3 Å². The molecule has 1 amide bonds. The van der Waals surface area contributed by atoms with Crippen molar-refractivity contribution in [1.29, 1.82) is 0 Å². The van der Waals surface area contributed by atoms with Gasteiger partial charge in [-0.25, -0.2) is 4.79 Å². The zero-order valence-electron chi connectivity index (χ0n) is 12.6. The quantitative estimate of drug-likeness (QED) is 0.681. The van der Waals surface area contributed by atoms with E-state index in [4.69, 9.17) is 9.63 Å². The Labute approximate surface area is 124 Å². The number of carbonyl (C=O) groups excluding carboxylic acids is 1. The number of carboxylic acids is 1. The van der Waals surface area contributed by atoms with Crippen molar-refractivity contribution in [3.8, 4) is 0 Å². The van der Waals surface area contributed by atoms with Gasteiger partial charge in [-0.1, -0.05) is 25.4 Å². The van der Waals surface area contributed by atoms with Crippen molar-refractivity contribution in [3.05, 3.63) is 11.7 Å². The van der Waals surface area contributed by atoms with Crippen LogP contribution < -0.4 is 5.32 Å². The Hall–Kier alpha value is -1.92. The SMILES string of the molecule is CCCc1noc(CCCC(=O)NC(CCC)C(=O)O)n1. The highest BCUT2D eigenvalue weighted by Gasteiger charge is 2.18. The number of aliphatic carboxylic acids is 1. The number of rotatable bonds is 10. The van der Waals surface area contributed by atoms with Crippen LogP contribution in [0.1, 0.15) is 57.7 Å². The Bertz CT molecular complexity index is 459. The van der Waals surface area contributed by atoms with Crippen LogP contribution in [0.25, 0.3) is 0 Å². The fourth-order valence-electron chi connectivity index (χ4n) is 1.93. The molecule has 7 heteroatoms. The van der Waals surface area contributed by atoms with Crippen LogP contribution in [0.15, 0.2) is 4.52 Å². The van der Waals surface area contributed by atoms with Gasteiger partial charge >= 0.3 is 5.97 Å². The molecular formula is C14H23N3O4. The van der Waals surface area contributed by atoms with Crippen LogP contribution in [0.4, 0.5) is 0 Å². The number of aromatic nitrogens is 2. The van der Waals surface area contributed by atoms with Gasteiger partial charge in [0.05, 0.1) is 0 Å². The predicted octanol–water partition coefficient (Wildman–Crippen LogP) is 1.71. The molecule has 0 aromatic carbocycles. The molecule has 1 aromatic heterocycles. The summed E-state index contributed by atoms with van der Waals surface area (Å²) < 4.78 is 5.07. The summed E-state index contributed by atoms with van der Waals surface area (Å²) in [5.41, 5.74) is 0. The van der Waals surface area contributed by atoms with Gasteiger partial charge in [-0.3, -0.25) is 4.79 Å². The number of nitrogens with zero attached hydrogens (tertiary/aromatic N) is 2. The monoisotopic (exact) mass is 297 g/mol. The van der Waals surface area contributed by atoms with Crippen molar-refractivity contribution in [1.82, 2.24) is 15.5 Å². The largest absolute Gasteiger partial charge is 0.480 e. The number of hydrogen-bond acceptors (Lipinski definition) is 5. The van der Waals surface area contributed by atoms with Gasteiger partial charge in [0.2, 0.25) is 11.8 Å². The summed E-state index contributed by atoms with van der Waals surface area (Å²) in [6, 6.07) is -0.804. The maximum absolute atomic E-state index is 11.7. The topological polar surface area (TPSA) is 105 Å². The molecule has 1 atom stereocenters. The van der Waals surface area contributed by atoms with Crippen LogP contribution >= 0.6 is 0 Å². The lowest BCUT2D eigenvalue weighted by Gasteiger charge is -2.13. The van der Waals surface area contributed by atoms with E-state index in [0.29, 0.717) is 37.4 Å². The summed E-state index contributed by atoms with van der Waals surface area (Å²) in [4.78, 5) is 26.8. The van der Waals surface area contributed by atoms with Crippen molar-refractivity contribution < 1.29 is 19.2 Å². The van der Waals surface area contributed by atoms with Gasteiger partial charge in [0.15, 0.2) is 5.82 Å². The smallest absolute Gasteiger partial charge is 0.326 e. The second-order valence-electron chi connectivity index (χ2n) is 4.95. The fraction of sp³-hybridized carbons (Fsp3) is 0.714. The van der Waals surface area contributed by atoms with E-state index in [-0.39, 0.29) is 12.3 Å². The molecule has 0 aliphatic carbocycles. The minimum atomic E-state index is -0.994. The van der Waals surface area contributed by atoms with E-state index >= 15 is 0 Å². The summed E-state index contributed by atoms with van der Waals surface area (Å²) in [6.45, 7) is 3.92. The molecular weight excluding hydrogens is 274 g/mol. The summed E-state index contributed by atoms with van der Waals surface area (Å²) >= 11 is 0. The maximum atomic E-state index is 11.7. The zero-order chi connectivity index (χ0) is 15.7. The maximum Gasteiger partial charge on any atom is 0.326 e. The van der Waals surface area contributed by atoms with Gasteiger partial charge < -0.3 is 14.9 Å². The van der Waals surface area contributed by atoms with E-state index in [2.05, 4.69) is 15.5 Å². The Balaban J connectivity index is 2.30. The Morgan fingerprint density at radius 2 is 2.05 bits per heavy atom. The first-order valence-corrected chi connectivity index (χ1v) is 7.40. The van der Waals surface area contributed by atoms with Crippen molar-refractivity contribution in [3.63, 3.8) is 0 Å². The van der Waals surface area contributed by atoms with E-state index in [1.807, 2.05) is 13.8 Å². The minimum absolute atomic E-state index is 0.249. The van der Waals surface area contributed by atoms with Gasteiger partial charge in [-0.2, -0.15) is 4.98 Å². The summed E-state index contributed by atoms with van der Waals surface area (Å²) in [7, 11) is 0. The highest BCUT2D eigenvalue weighted by molar-refractivity contribution is 5.83. The lowest BCUT2D eigenvalue weighted by Crippen LogP contribution is -2.40. The molecule has 21 heavy (non-hydrogen) atoms. The van der Waals surface area contributed by atoms with E-state index in [9.17, 15) is 9.59 Å². The summed E-state index contributed by atoms with van der Waals surface area (Å²) in [5.74, 6) is -0.0455. The highest BCUT2D eigenvalue weighted by atomic mass is 16.5. The third-order valence-electron chi connectivity index (χ3n) is 2.99. The van der Waals surface area contributed by atoms with E-state index in [1.165, 1.54) is 0 Å². The molecule has 0 bridgehead atoms. The van der Waals surface area contributed by atoms with Gasteiger partial charge in [0.1, 0.15) is 6.04 Å². The molecule has 1 unspecified atom stereocenters. The number of hydrogen-bond donors (Lipinski definition) is 2. The second-order valence-corrected chi connectivity index (χ2v) is 4.95. The lowest BCUT2D eigenvalue weighted by molar-refractivity contribution is -0.142. The number of carboxylic acid groups (broad SMARTS) is 1. The molecule has 0 aliphatic rings. The van der Waals surface area contributed by atoms with E-state index in [1.54, 1.807) is 0 Å². The third kappa shape index (κ3) is 6.37. The van der Waals surface area contributed by atoms with Crippen LogP contribution in [0.5, 0.6) is 0 Å². The van der Waals surface area contributed by atoms with Crippen LogP contribution in [-0.4, -0.2) is 33.2 Å². The second kappa shape index (κ2) is 9.10. The van der Waals surface area contributed by atoms with Crippen molar-refractivity contribution >= 4 is 11.9 Å². The summed E-state index contributed by atoms with van der Waals surface area (Å²) in [6.07, 6.45) is 4.20. The van der Waals surface area contributed by atoms with Crippen LogP contribution in [-0.2, 0) is 22.4 Å². The predicted molar refractivity (Wildman–Crippen MR) is 75.7 cm³/mol. The molecule has 2 N–H and O–H groups in total. The van der Waals surface area contributed by atoms with Gasteiger partial charge in [-0.05, 0) is 19.3 Å². The first-order chi connectivity index (χ1) is 10.1. The standard InChI is InChI=1S/C14H23N3O4/c1-3-6-10(14(19)20)15-12(18)8-5-9-13-16-11(7-4-2)17-21-13/h10H,3-9H2,1-2H3,(H,15,18)(H,19,20). The van der Waals surface area contributed by atoms with Crippen molar-refractivity contribution in [2.75, 3.05) is 0 Å². The lowest BCUT2D eigenvalue weighted by atomic mass is 10.1. The molecule has 0 fully saturated rings. The summed E-state index contributed by atoms with van der Waals surface area (Å²) in [5, 5.41) is 15.3. The van der Waals surface area contributed by atoms with Crippen LogP contribution in [0.2, 0.25) is 0 Å². The Kier molecular flexibility index (Phi) is 7.42. The molecule has 7 nitrogen and oxygen atoms in total. The first-order valence-electron chi connectivity index (χ1n) is 7.40. The average molecular weight is 297 g/mol. The first kappa shape index (κ1) is 17.1. The fourth-order valence-corrected chi connectivity index (χ4v) is 1.93. The minimum Gasteiger partial charge on any atom is -0.480 e. The molecule has 0 aliphatic heterocycles. The molecule has 0 saturated heterocycles. The Morgan fingerprint density at radius 1 is 1.29 bits per heavy atom. The molecule has 118 valence electrons. The number of aryl methyl sites for hydroxylation is 2. The average Bonchev–Trinajstić information content (AvgIpc) is 2.86. The van der Waals surface area contributed by atoms with E-state index < -0.39 is 12.0 Å². The van der Waals surface area contributed by atoms with Crippen LogP contribution in [0.3, 0.4) is 0 Å². The highest BCUT2D eigenvalue weighted by Crippen LogP contribution is 2.05. The Morgan fingerprint density at radius 3 is 2.67 bits per heavy atom. The van der Waals surface area contributed by atoms with E-state index in [0.717, 1.165) is 12.8 Å². The van der Waals surface area contributed by atoms with Crippen LogP contribution in [0, 0.1) is 0 Å². The van der Waals surface area contributed by atoms with Gasteiger partial charge in [0.25, 0.3) is 0 Å². The number of amides is 1. The number of nitrogens with one attached hydrogen (secondary N) is 1. The molecule has 0 saturated carbocycles. The van der Waals surface area contributed by atoms with Gasteiger partial charge in [-0.15, -0.1) is 0 Å². The third-order valence-corrected chi connectivity index (χ3v) is 2.99. The molecule has 0 radical (unpaired) electrons. The number of carbonyl (C=O) groups is 2. The normalized spacial score (nSPS) is 12.1. The molecule has 1 rings (SSSR count). The molecule has 0 spiro atoms. The van der Waals surface area contributed by atoms with Crippen molar-refractivity contribution in [2.24, 2.45) is 0 Å². The van der Waals surface area contributed by atoms with Crippen molar-refractivity contribution in [2.45, 2.75) is 64.8 Å². The molecule has 1 aromatic rings. The molecule has 1 heterocycles.